The molecule has 0 unspecified atom stereocenters. The van der Waals surface area contributed by atoms with E-state index in [4.69, 9.17) is 0 Å². The SMILES string of the molecule is CCCN1C=Cc2ccc([N+](=O)[O-])cc2C1. The maximum atomic E-state index is 10.7. The van der Waals surface area contributed by atoms with Crippen molar-refractivity contribution < 1.29 is 4.92 Å². The second-order valence-corrected chi connectivity index (χ2v) is 3.93. The van der Waals surface area contributed by atoms with Crippen LogP contribution < -0.4 is 0 Å². The van der Waals surface area contributed by atoms with Crippen LogP contribution in [-0.4, -0.2) is 16.4 Å². The Morgan fingerprint density at radius 2 is 2.31 bits per heavy atom. The molecule has 1 aromatic rings. The smallest absolute Gasteiger partial charge is 0.269 e. The van der Waals surface area contributed by atoms with Gasteiger partial charge in [0.2, 0.25) is 0 Å². The molecule has 0 N–H and O–H groups in total. The van der Waals surface area contributed by atoms with Gasteiger partial charge in [0.15, 0.2) is 0 Å². The summed E-state index contributed by atoms with van der Waals surface area (Å²) >= 11 is 0. The minimum absolute atomic E-state index is 0.172. The van der Waals surface area contributed by atoms with Crippen molar-refractivity contribution >= 4 is 11.8 Å². The molecule has 1 heterocycles. The summed E-state index contributed by atoms with van der Waals surface area (Å²) in [4.78, 5) is 12.5. The summed E-state index contributed by atoms with van der Waals surface area (Å²) in [7, 11) is 0. The van der Waals surface area contributed by atoms with Gasteiger partial charge in [0, 0.05) is 25.2 Å². The van der Waals surface area contributed by atoms with Crippen LogP contribution in [0.3, 0.4) is 0 Å². The van der Waals surface area contributed by atoms with E-state index in [0.717, 1.165) is 30.6 Å². The van der Waals surface area contributed by atoms with Crippen LogP contribution in [0.1, 0.15) is 24.5 Å². The summed E-state index contributed by atoms with van der Waals surface area (Å²) < 4.78 is 0. The first-order valence-corrected chi connectivity index (χ1v) is 5.40. The number of fused-ring (bicyclic) bond motifs is 1. The molecule has 0 atom stereocenters. The highest BCUT2D eigenvalue weighted by atomic mass is 16.6. The molecule has 4 heteroatoms. The van der Waals surface area contributed by atoms with Gasteiger partial charge in [0.25, 0.3) is 5.69 Å². The number of hydrogen-bond acceptors (Lipinski definition) is 3. The lowest BCUT2D eigenvalue weighted by Crippen LogP contribution is -2.20. The molecule has 0 spiro atoms. The molecule has 4 nitrogen and oxygen atoms in total. The van der Waals surface area contributed by atoms with Crippen LogP contribution in [0.4, 0.5) is 5.69 Å². The monoisotopic (exact) mass is 218 g/mol. The lowest BCUT2D eigenvalue weighted by atomic mass is 10.0. The fraction of sp³-hybridized carbons (Fsp3) is 0.333. The lowest BCUT2D eigenvalue weighted by Gasteiger charge is -2.24. The zero-order chi connectivity index (χ0) is 11.5. The molecule has 1 aromatic carbocycles. The second kappa shape index (κ2) is 4.35. The van der Waals surface area contributed by atoms with Crippen molar-refractivity contribution in [1.29, 1.82) is 0 Å². The Labute approximate surface area is 94.3 Å². The number of nitrogens with zero attached hydrogens (tertiary/aromatic N) is 2. The third kappa shape index (κ3) is 2.05. The molecule has 0 aliphatic carbocycles. The molecule has 0 radical (unpaired) electrons. The normalized spacial score (nSPS) is 13.7. The van der Waals surface area contributed by atoms with Crippen LogP contribution in [0.5, 0.6) is 0 Å². The van der Waals surface area contributed by atoms with E-state index in [2.05, 4.69) is 18.0 Å². The van der Waals surface area contributed by atoms with Crippen molar-refractivity contribution in [3.63, 3.8) is 0 Å². The maximum Gasteiger partial charge on any atom is 0.269 e. The highest BCUT2D eigenvalue weighted by Crippen LogP contribution is 2.24. The predicted molar refractivity (Wildman–Crippen MR) is 62.8 cm³/mol. The van der Waals surface area contributed by atoms with Gasteiger partial charge in [-0.05, 0) is 35.9 Å². The number of benzene rings is 1. The van der Waals surface area contributed by atoms with E-state index in [1.807, 2.05) is 12.1 Å². The molecular formula is C12H14N2O2. The third-order valence-corrected chi connectivity index (χ3v) is 2.69. The minimum atomic E-state index is -0.344. The Morgan fingerprint density at radius 3 is 3.00 bits per heavy atom. The van der Waals surface area contributed by atoms with Gasteiger partial charge in [0.1, 0.15) is 0 Å². The predicted octanol–water partition coefficient (Wildman–Crippen LogP) is 2.79. The van der Waals surface area contributed by atoms with Crippen molar-refractivity contribution in [1.82, 2.24) is 4.90 Å². The van der Waals surface area contributed by atoms with Gasteiger partial charge in [-0.3, -0.25) is 10.1 Å². The van der Waals surface area contributed by atoms with E-state index in [9.17, 15) is 10.1 Å². The van der Waals surface area contributed by atoms with E-state index in [1.54, 1.807) is 12.1 Å². The average Bonchev–Trinajstić information content (AvgIpc) is 2.28. The Bertz CT molecular complexity index is 441. The number of nitro groups is 1. The molecule has 1 aliphatic rings. The number of rotatable bonds is 3. The summed E-state index contributed by atoms with van der Waals surface area (Å²) in [6.45, 7) is 3.87. The minimum Gasteiger partial charge on any atom is -0.373 e. The Balaban J connectivity index is 2.27. The zero-order valence-electron chi connectivity index (χ0n) is 9.22. The lowest BCUT2D eigenvalue weighted by molar-refractivity contribution is -0.384. The Kier molecular flexibility index (Phi) is 2.90. The summed E-state index contributed by atoms with van der Waals surface area (Å²) in [5.41, 5.74) is 2.29. The molecule has 0 aromatic heterocycles. The first-order valence-electron chi connectivity index (χ1n) is 5.40. The molecule has 1 aliphatic heterocycles. The van der Waals surface area contributed by atoms with Gasteiger partial charge in [0.05, 0.1) is 4.92 Å². The van der Waals surface area contributed by atoms with Gasteiger partial charge in [-0.2, -0.15) is 0 Å². The van der Waals surface area contributed by atoms with Crippen LogP contribution in [0.15, 0.2) is 24.4 Å². The summed E-state index contributed by atoms with van der Waals surface area (Å²) in [6.07, 6.45) is 5.14. The van der Waals surface area contributed by atoms with Crippen LogP contribution in [0.2, 0.25) is 0 Å². The third-order valence-electron chi connectivity index (χ3n) is 2.69. The second-order valence-electron chi connectivity index (χ2n) is 3.93. The molecule has 16 heavy (non-hydrogen) atoms. The fourth-order valence-electron chi connectivity index (χ4n) is 1.90. The number of nitro benzene ring substituents is 1. The molecule has 0 fully saturated rings. The Morgan fingerprint density at radius 1 is 1.50 bits per heavy atom. The van der Waals surface area contributed by atoms with E-state index < -0.39 is 0 Å². The topological polar surface area (TPSA) is 46.4 Å². The molecule has 0 saturated carbocycles. The van der Waals surface area contributed by atoms with Crippen LogP contribution in [0.25, 0.3) is 6.08 Å². The molecular weight excluding hydrogens is 204 g/mol. The van der Waals surface area contributed by atoms with Crippen molar-refractivity contribution in [2.24, 2.45) is 0 Å². The zero-order valence-corrected chi connectivity index (χ0v) is 9.22. The van der Waals surface area contributed by atoms with E-state index in [-0.39, 0.29) is 10.6 Å². The highest BCUT2D eigenvalue weighted by molar-refractivity contribution is 5.58. The average molecular weight is 218 g/mol. The largest absolute Gasteiger partial charge is 0.373 e. The quantitative estimate of drug-likeness (QED) is 0.579. The van der Waals surface area contributed by atoms with Crippen molar-refractivity contribution in [3.8, 4) is 0 Å². The molecule has 0 amide bonds. The standard InChI is InChI=1S/C12H14N2O2/c1-2-6-13-7-5-10-3-4-12(14(15)16)8-11(10)9-13/h3-5,7-8H,2,6,9H2,1H3. The van der Waals surface area contributed by atoms with E-state index in [0.29, 0.717) is 0 Å². The summed E-state index contributed by atoms with van der Waals surface area (Å²) in [5, 5.41) is 10.7. The van der Waals surface area contributed by atoms with Crippen LogP contribution in [0, 0.1) is 10.1 Å². The van der Waals surface area contributed by atoms with Crippen LogP contribution >= 0.6 is 0 Å². The Hall–Kier alpha value is -1.84. The van der Waals surface area contributed by atoms with Crippen molar-refractivity contribution in [2.75, 3.05) is 6.54 Å². The highest BCUT2D eigenvalue weighted by Gasteiger charge is 2.14. The molecule has 0 saturated heterocycles. The van der Waals surface area contributed by atoms with Gasteiger partial charge < -0.3 is 4.90 Å². The number of non-ortho nitro benzene ring substituents is 1. The van der Waals surface area contributed by atoms with E-state index in [1.165, 1.54) is 0 Å². The van der Waals surface area contributed by atoms with Gasteiger partial charge in [-0.1, -0.05) is 6.92 Å². The van der Waals surface area contributed by atoms with Crippen molar-refractivity contribution in [3.05, 3.63) is 45.6 Å². The molecule has 2 rings (SSSR count). The fourth-order valence-corrected chi connectivity index (χ4v) is 1.90. The van der Waals surface area contributed by atoms with Gasteiger partial charge in [-0.15, -0.1) is 0 Å². The molecule has 0 bridgehead atoms. The summed E-state index contributed by atoms with van der Waals surface area (Å²) in [6, 6.07) is 5.04. The van der Waals surface area contributed by atoms with E-state index >= 15 is 0 Å². The first kappa shape index (κ1) is 10.7. The van der Waals surface area contributed by atoms with Crippen molar-refractivity contribution in [2.45, 2.75) is 19.9 Å². The summed E-state index contributed by atoms with van der Waals surface area (Å²) in [5.74, 6) is 0. The number of hydrogen-bond donors (Lipinski definition) is 0. The van der Waals surface area contributed by atoms with Gasteiger partial charge >= 0.3 is 0 Å². The first-order chi connectivity index (χ1) is 7.70. The van der Waals surface area contributed by atoms with Crippen LogP contribution in [-0.2, 0) is 6.54 Å². The molecule has 84 valence electrons. The maximum absolute atomic E-state index is 10.7. The van der Waals surface area contributed by atoms with Gasteiger partial charge in [-0.25, -0.2) is 0 Å².